The summed E-state index contributed by atoms with van der Waals surface area (Å²) in [6, 6.07) is 8.07. The molecule has 1 atom stereocenters. The maximum absolute atomic E-state index is 12.0. The van der Waals surface area contributed by atoms with Gasteiger partial charge in [0.15, 0.2) is 0 Å². The molecule has 3 N–H and O–H groups in total. The summed E-state index contributed by atoms with van der Waals surface area (Å²) in [6.07, 6.45) is 8.54. The van der Waals surface area contributed by atoms with Gasteiger partial charge < -0.3 is 20.7 Å². The van der Waals surface area contributed by atoms with E-state index in [2.05, 4.69) is 16.0 Å². The molecule has 2 aliphatic rings. The maximum atomic E-state index is 12.0. The predicted molar refractivity (Wildman–Crippen MR) is 92.9 cm³/mol. The van der Waals surface area contributed by atoms with Gasteiger partial charge in [-0.25, -0.2) is 4.79 Å². The second-order valence-electron chi connectivity index (χ2n) is 6.53. The van der Waals surface area contributed by atoms with Gasteiger partial charge in [-0.05, 0) is 49.9 Å². The molecule has 0 bridgehead atoms. The van der Waals surface area contributed by atoms with E-state index in [1.165, 1.54) is 19.3 Å². The summed E-state index contributed by atoms with van der Waals surface area (Å²) in [5.74, 6) is 0. The first kappa shape index (κ1) is 16.1. The zero-order valence-electron chi connectivity index (χ0n) is 13.6. The fraction of sp³-hybridized carbons (Fsp3) is 0.611. The third kappa shape index (κ3) is 5.13. The molecule has 2 amide bonds. The fourth-order valence-corrected chi connectivity index (χ4v) is 3.31. The van der Waals surface area contributed by atoms with Gasteiger partial charge >= 0.3 is 6.03 Å². The third-order valence-electron chi connectivity index (χ3n) is 4.64. The summed E-state index contributed by atoms with van der Waals surface area (Å²) in [4.78, 5) is 12.0. The first-order chi connectivity index (χ1) is 11.3. The second kappa shape index (κ2) is 8.20. The van der Waals surface area contributed by atoms with Gasteiger partial charge in [0.1, 0.15) is 0 Å². The molecule has 5 nitrogen and oxygen atoms in total. The molecule has 1 heterocycles. The fourth-order valence-electron chi connectivity index (χ4n) is 3.31. The highest BCUT2D eigenvalue weighted by Crippen LogP contribution is 2.18. The van der Waals surface area contributed by atoms with Crippen molar-refractivity contribution < 1.29 is 9.53 Å². The van der Waals surface area contributed by atoms with E-state index in [-0.39, 0.29) is 6.03 Å². The van der Waals surface area contributed by atoms with Crippen LogP contribution in [0, 0.1) is 0 Å². The van der Waals surface area contributed by atoms with E-state index in [0.29, 0.717) is 12.1 Å². The van der Waals surface area contributed by atoms with Crippen molar-refractivity contribution >= 4 is 17.4 Å². The van der Waals surface area contributed by atoms with Crippen LogP contribution in [-0.2, 0) is 4.74 Å². The van der Waals surface area contributed by atoms with E-state index in [4.69, 9.17) is 4.74 Å². The number of amides is 2. The molecule has 23 heavy (non-hydrogen) atoms. The van der Waals surface area contributed by atoms with Crippen LogP contribution in [0.2, 0.25) is 0 Å². The van der Waals surface area contributed by atoms with Gasteiger partial charge in [-0.3, -0.25) is 0 Å². The van der Waals surface area contributed by atoms with E-state index in [9.17, 15) is 4.79 Å². The summed E-state index contributed by atoms with van der Waals surface area (Å²) in [7, 11) is 0. The molecule has 0 radical (unpaired) electrons. The first-order valence-corrected chi connectivity index (χ1v) is 8.83. The Balaban J connectivity index is 1.42. The highest BCUT2D eigenvalue weighted by molar-refractivity contribution is 5.89. The van der Waals surface area contributed by atoms with Crippen molar-refractivity contribution in [2.75, 3.05) is 23.8 Å². The summed E-state index contributed by atoms with van der Waals surface area (Å²) < 4.78 is 5.60. The van der Waals surface area contributed by atoms with Gasteiger partial charge in [-0.15, -0.1) is 0 Å². The molecule has 1 aromatic rings. The molecule has 1 saturated heterocycles. The second-order valence-corrected chi connectivity index (χ2v) is 6.53. The minimum absolute atomic E-state index is 0.100. The SMILES string of the molecule is O=C(Nc1ccc(NCC2CCCO2)cc1)NC1CCCCC1. The van der Waals surface area contributed by atoms with Crippen LogP contribution in [-0.4, -0.2) is 31.3 Å². The number of anilines is 2. The number of benzene rings is 1. The van der Waals surface area contributed by atoms with Gasteiger partial charge in [0.2, 0.25) is 0 Å². The molecule has 3 rings (SSSR count). The Labute approximate surface area is 138 Å². The zero-order valence-corrected chi connectivity index (χ0v) is 13.6. The van der Waals surface area contributed by atoms with Crippen LogP contribution in [0.4, 0.5) is 16.2 Å². The largest absolute Gasteiger partial charge is 0.382 e. The summed E-state index contributed by atoms with van der Waals surface area (Å²) in [6.45, 7) is 1.72. The number of urea groups is 1. The molecule has 1 aliphatic heterocycles. The number of hydrogen-bond acceptors (Lipinski definition) is 3. The Bertz CT molecular complexity index is 491. The summed E-state index contributed by atoms with van der Waals surface area (Å²) >= 11 is 0. The molecule has 1 unspecified atom stereocenters. The van der Waals surface area contributed by atoms with Crippen molar-refractivity contribution in [3.63, 3.8) is 0 Å². The molecule has 0 spiro atoms. The van der Waals surface area contributed by atoms with Crippen molar-refractivity contribution in [2.45, 2.75) is 57.1 Å². The number of carbonyl (C=O) groups excluding carboxylic acids is 1. The lowest BCUT2D eigenvalue weighted by Gasteiger charge is -2.22. The topological polar surface area (TPSA) is 62.4 Å². The van der Waals surface area contributed by atoms with Gasteiger partial charge in [0, 0.05) is 30.6 Å². The lowest BCUT2D eigenvalue weighted by Crippen LogP contribution is -2.38. The molecular weight excluding hydrogens is 290 g/mol. The summed E-state index contributed by atoms with van der Waals surface area (Å²) in [5.41, 5.74) is 1.87. The monoisotopic (exact) mass is 317 g/mol. The zero-order chi connectivity index (χ0) is 15.9. The number of ether oxygens (including phenoxy) is 1. The van der Waals surface area contributed by atoms with Crippen molar-refractivity contribution in [3.05, 3.63) is 24.3 Å². The average molecular weight is 317 g/mol. The quantitative estimate of drug-likeness (QED) is 0.775. The summed E-state index contributed by atoms with van der Waals surface area (Å²) in [5, 5.41) is 9.35. The van der Waals surface area contributed by atoms with E-state index < -0.39 is 0 Å². The molecule has 1 aromatic carbocycles. The Hall–Kier alpha value is -1.75. The normalized spacial score (nSPS) is 21.8. The van der Waals surface area contributed by atoms with Gasteiger partial charge in [0.05, 0.1) is 6.10 Å². The van der Waals surface area contributed by atoms with E-state index >= 15 is 0 Å². The molecule has 2 fully saturated rings. The Morgan fingerprint density at radius 1 is 1.00 bits per heavy atom. The molecule has 1 saturated carbocycles. The van der Waals surface area contributed by atoms with Crippen LogP contribution in [0.15, 0.2) is 24.3 Å². The first-order valence-electron chi connectivity index (χ1n) is 8.83. The maximum Gasteiger partial charge on any atom is 0.319 e. The lowest BCUT2D eigenvalue weighted by molar-refractivity contribution is 0.120. The minimum atomic E-state index is -0.100. The van der Waals surface area contributed by atoms with Gasteiger partial charge in [-0.1, -0.05) is 19.3 Å². The average Bonchev–Trinajstić information content (AvgIpc) is 3.08. The molecule has 126 valence electrons. The van der Waals surface area contributed by atoms with Crippen molar-refractivity contribution in [1.82, 2.24) is 5.32 Å². The van der Waals surface area contributed by atoms with Crippen molar-refractivity contribution in [3.8, 4) is 0 Å². The Morgan fingerprint density at radius 2 is 1.74 bits per heavy atom. The van der Waals surface area contributed by atoms with E-state index in [0.717, 1.165) is 50.2 Å². The highest BCUT2D eigenvalue weighted by Gasteiger charge is 2.16. The van der Waals surface area contributed by atoms with Gasteiger partial charge in [-0.2, -0.15) is 0 Å². The van der Waals surface area contributed by atoms with E-state index in [1.54, 1.807) is 0 Å². The van der Waals surface area contributed by atoms with Crippen LogP contribution >= 0.6 is 0 Å². The van der Waals surface area contributed by atoms with Crippen molar-refractivity contribution in [1.29, 1.82) is 0 Å². The van der Waals surface area contributed by atoms with Crippen LogP contribution < -0.4 is 16.0 Å². The molecular formula is C18H27N3O2. The molecule has 5 heteroatoms. The lowest BCUT2D eigenvalue weighted by atomic mass is 9.96. The Morgan fingerprint density at radius 3 is 2.43 bits per heavy atom. The highest BCUT2D eigenvalue weighted by atomic mass is 16.5. The third-order valence-corrected chi connectivity index (χ3v) is 4.64. The smallest absolute Gasteiger partial charge is 0.319 e. The molecule has 0 aromatic heterocycles. The minimum Gasteiger partial charge on any atom is -0.382 e. The van der Waals surface area contributed by atoms with Crippen LogP contribution in [0.25, 0.3) is 0 Å². The van der Waals surface area contributed by atoms with E-state index in [1.807, 2.05) is 24.3 Å². The van der Waals surface area contributed by atoms with Crippen LogP contribution in [0.1, 0.15) is 44.9 Å². The standard InChI is InChI=1S/C18H27N3O2/c22-18(20-15-5-2-1-3-6-15)21-16-10-8-14(9-11-16)19-13-17-7-4-12-23-17/h8-11,15,17,19H,1-7,12-13H2,(H2,20,21,22). The van der Waals surface area contributed by atoms with Crippen LogP contribution in [0.5, 0.6) is 0 Å². The Kier molecular flexibility index (Phi) is 5.75. The number of carbonyl (C=O) groups is 1. The predicted octanol–water partition coefficient (Wildman–Crippen LogP) is 3.73. The number of rotatable bonds is 5. The van der Waals surface area contributed by atoms with Crippen LogP contribution in [0.3, 0.4) is 0 Å². The van der Waals surface area contributed by atoms with Crippen molar-refractivity contribution in [2.24, 2.45) is 0 Å². The molecule has 1 aliphatic carbocycles. The van der Waals surface area contributed by atoms with Gasteiger partial charge in [0.25, 0.3) is 0 Å². The number of hydrogen-bond donors (Lipinski definition) is 3. The number of nitrogens with one attached hydrogen (secondary N) is 3.